The number of rotatable bonds is 0. The molecule has 0 rings (SSSR count). The third-order valence-corrected chi connectivity index (χ3v) is 1.29. The van der Waals surface area contributed by atoms with Gasteiger partial charge >= 0.3 is 0 Å². The first-order valence-electron chi connectivity index (χ1n) is 2.33. The van der Waals surface area contributed by atoms with Gasteiger partial charge in [0.05, 0.1) is 0 Å². The lowest BCUT2D eigenvalue weighted by Crippen LogP contribution is -2.51. The number of thiol groups is 1. The van der Waals surface area contributed by atoms with Crippen molar-refractivity contribution >= 4 is 63.8 Å². The van der Waals surface area contributed by atoms with Gasteiger partial charge < -0.3 is 11.5 Å². The molecule has 8 heteroatoms. The van der Waals surface area contributed by atoms with Crippen molar-refractivity contribution in [1.29, 1.82) is 0 Å². The maximum absolute atomic E-state index is 5.23. The van der Waals surface area contributed by atoms with Gasteiger partial charge in [-0.15, -0.1) is 12.6 Å². The Labute approximate surface area is 85.7 Å². The number of hydrazine groups is 1. The van der Waals surface area contributed by atoms with Gasteiger partial charge in [0.25, 0.3) is 0 Å². The minimum absolute atomic E-state index is 0.0119. The molecule has 4 nitrogen and oxygen atoms in total. The van der Waals surface area contributed by atoms with Gasteiger partial charge in [0, 0.05) is 0 Å². The Hall–Kier alpha value is -0.180. The molecule has 0 spiro atoms. The molecule has 0 saturated carbocycles. The Balaban J connectivity index is 4.23. The van der Waals surface area contributed by atoms with E-state index in [0.29, 0.717) is 0 Å². The maximum Gasteiger partial charge on any atom is 0.191 e. The van der Waals surface area contributed by atoms with Gasteiger partial charge in [-0.1, -0.05) is 12.2 Å². The van der Waals surface area contributed by atoms with E-state index in [4.69, 9.17) is 11.5 Å². The summed E-state index contributed by atoms with van der Waals surface area (Å²) in [6, 6.07) is 0. The second-order valence-electron chi connectivity index (χ2n) is 1.43. The number of hydrogen-bond donors (Lipinski definition) is 4. The van der Waals surface area contributed by atoms with Crippen LogP contribution in [0.25, 0.3) is 0 Å². The van der Waals surface area contributed by atoms with Crippen LogP contribution in [0.5, 0.6) is 0 Å². The van der Waals surface area contributed by atoms with Crippen LogP contribution in [0.15, 0.2) is 0 Å². The minimum atomic E-state index is 0.0119. The van der Waals surface area contributed by atoms with Crippen LogP contribution >= 0.6 is 49.3 Å². The molecule has 0 atom stereocenters. The van der Waals surface area contributed by atoms with Gasteiger partial charge in [0.1, 0.15) is 0 Å². The van der Waals surface area contributed by atoms with Gasteiger partial charge in [-0.05, 0) is 24.4 Å². The highest BCUT2D eigenvalue weighted by molar-refractivity contribution is 8.11. The summed E-state index contributed by atoms with van der Waals surface area (Å²) in [5.74, 6) is 0. The standard InChI is InChI=1S/C3H6N4S4/c4-1(8)6-7(2(5)9)3(10)11/h(H2,5,9)(H,10,11)(H3,4,6,8). The summed E-state index contributed by atoms with van der Waals surface area (Å²) < 4.78 is 0.158. The highest BCUT2D eigenvalue weighted by Crippen LogP contribution is 1.91. The molecule has 0 fully saturated rings. The van der Waals surface area contributed by atoms with Crippen molar-refractivity contribution in [3.05, 3.63) is 0 Å². The average Bonchev–Trinajstić information content (AvgIpc) is 1.81. The number of nitrogens with two attached hydrogens (primary N) is 2. The highest BCUT2D eigenvalue weighted by atomic mass is 32.1. The van der Waals surface area contributed by atoms with Crippen LogP contribution in [0.3, 0.4) is 0 Å². The minimum Gasteiger partial charge on any atom is -0.375 e. The fourth-order valence-electron chi connectivity index (χ4n) is 0.307. The van der Waals surface area contributed by atoms with Crippen molar-refractivity contribution in [3.63, 3.8) is 0 Å². The number of nitrogens with zero attached hydrogens (tertiary/aromatic N) is 1. The Kier molecular flexibility index (Phi) is 4.57. The zero-order valence-electron chi connectivity index (χ0n) is 5.27. The first-order chi connectivity index (χ1) is 4.95. The van der Waals surface area contributed by atoms with Crippen molar-refractivity contribution in [2.45, 2.75) is 0 Å². The number of nitrogens with one attached hydrogen (secondary N) is 1. The van der Waals surface area contributed by atoms with Crippen molar-refractivity contribution in [2.75, 3.05) is 0 Å². The fraction of sp³-hybridized carbons (Fsp3) is 0. The second-order valence-corrected chi connectivity index (χ2v) is 3.40. The summed E-state index contributed by atoms with van der Waals surface area (Å²) in [6.45, 7) is 0. The van der Waals surface area contributed by atoms with E-state index in [-0.39, 0.29) is 14.5 Å². The topological polar surface area (TPSA) is 67.3 Å². The Bertz CT molecular complexity index is 188. The number of hydrogen-bond acceptors (Lipinski definition) is 3. The van der Waals surface area contributed by atoms with Crippen molar-refractivity contribution in [1.82, 2.24) is 10.4 Å². The molecule has 0 aromatic heterocycles. The normalized spacial score (nSPS) is 8.45. The van der Waals surface area contributed by atoms with Crippen LogP contribution in [-0.2, 0) is 0 Å². The summed E-state index contributed by atoms with van der Waals surface area (Å²) in [5.41, 5.74) is 12.8. The number of thiocarbonyl (C=S) groups is 3. The molecule has 5 N–H and O–H groups in total. The Morgan fingerprint density at radius 2 is 1.73 bits per heavy atom. The highest BCUT2D eigenvalue weighted by Gasteiger charge is 2.08. The third kappa shape index (κ3) is 4.30. The summed E-state index contributed by atoms with van der Waals surface area (Å²) in [5, 5.41) is 1.16. The van der Waals surface area contributed by atoms with E-state index in [2.05, 4.69) is 54.7 Å². The van der Waals surface area contributed by atoms with Crippen LogP contribution in [0.4, 0.5) is 0 Å². The lowest BCUT2D eigenvalue weighted by atomic mass is 11.0. The smallest absolute Gasteiger partial charge is 0.191 e. The van der Waals surface area contributed by atoms with Crippen LogP contribution in [0, 0.1) is 0 Å². The molecule has 0 aliphatic carbocycles. The van der Waals surface area contributed by atoms with Gasteiger partial charge in [-0.2, -0.15) is 0 Å². The fourth-order valence-corrected chi connectivity index (χ4v) is 0.963. The molecule has 0 aliphatic rings. The van der Waals surface area contributed by atoms with Crippen LogP contribution < -0.4 is 16.9 Å². The molecule has 0 aromatic carbocycles. The molecule has 0 unspecified atom stereocenters. The lowest BCUT2D eigenvalue weighted by Gasteiger charge is -2.20. The first kappa shape index (κ1) is 10.8. The van der Waals surface area contributed by atoms with E-state index in [1.807, 2.05) is 0 Å². The molecule has 0 saturated heterocycles. The molecule has 0 bridgehead atoms. The predicted octanol–water partition coefficient (Wildman–Crippen LogP) is -0.505. The zero-order valence-corrected chi connectivity index (χ0v) is 8.62. The summed E-state index contributed by atoms with van der Waals surface area (Å²) in [7, 11) is 0. The average molecular weight is 226 g/mol. The molecule has 62 valence electrons. The largest absolute Gasteiger partial charge is 0.375 e. The second kappa shape index (κ2) is 4.65. The van der Waals surface area contributed by atoms with E-state index < -0.39 is 0 Å². The molecule has 0 aliphatic heterocycles. The molecule has 0 amide bonds. The van der Waals surface area contributed by atoms with E-state index in [9.17, 15) is 0 Å². The molecule has 11 heavy (non-hydrogen) atoms. The predicted molar refractivity (Wildman–Crippen MR) is 60.1 cm³/mol. The van der Waals surface area contributed by atoms with Crippen molar-refractivity contribution in [2.24, 2.45) is 11.5 Å². The summed E-state index contributed by atoms with van der Waals surface area (Å²) in [4.78, 5) is 0. The SMILES string of the molecule is NC(=S)NN(C(N)=S)C(=S)S. The molecule has 0 aromatic rings. The lowest BCUT2D eigenvalue weighted by molar-refractivity contribution is 0.582. The quantitative estimate of drug-likeness (QED) is 0.252. The van der Waals surface area contributed by atoms with Crippen molar-refractivity contribution in [3.8, 4) is 0 Å². The Morgan fingerprint density at radius 3 is 1.82 bits per heavy atom. The summed E-state index contributed by atoms with van der Waals surface area (Å²) >= 11 is 17.6. The maximum atomic E-state index is 5.23. The van der Waals surface area contributed by atoms with Crippen LogP contribution in [0.2, 0.25) is 0 Å². The first-order valence-corrected chi connectivity index (χ1v) is 4.01. The van der Waals surface area contributed by atoms with E-state index >= 15 is 0 Å². The van der Waals surface area contributed by atoms with E-state index in [0.717, 1.165) is 5.01 Å². The van der Waals surface area contributed by atoms with Crippen molar-refractivity contribution < 1.29 is 0 Å². The molecular formula is C3H6N4S4. The monoisotopic (exact) mass is 226 g/mol. The summed E-state index contributed by atoms with van der Waals surface area (Å²) in [6.07, 6.45) is 0. The van der Waals surface area contributed by atoms with Gasteiger partial charge in [0.15, 0.2) is 14.5 Å². The van der Waals surface area contributed by atoms with Crippen LogP contribution in [0.1, 0.15) is 0 Å². The molecule has 0 heterocycles. The molecule has 0 radical (unpaired) electrons. The zero-order chi connectivity index (χ0) is 9.02. The third-order valence-electron chi connectivity index (χ3n) is 0.634. The van der Waals surface area contributed by atoms with Gasteiger partial charge in [-0.25, -0.2) is 5.01 Å². The van der Waals surface area contributed by atoms with Gasteiger partial charge in [-0.3, -0.25) is 5.43 Å². The van der Waals surface area contributed by atoms with Gasteiger partial charge in [0.2, 0.25) is 0 Å². The van der Waals surface area contributed by atoms with E-state index in [1.165, 1.54) is 0 Å². The Morgan fingerprint density at radius 1 is 1.27 bits per heavy atom. The van der Waals surface area contributed by atoms with E-state index in [1.54, 1.807) is 0 Å². The van der Waals surface area contributed by atoms with Crippen LogP contribution in [-0.4, -0.2) is 19.6 Å². The molecular weight excluding hydrogens is 220 g/mol.